The molecule has 2 heteroatoms. The van der Waals surface area contributed by atoms with Crippen LogP contribution in [0.3, 0.4) is 0 Å². The molecule has 0 aromatic heterocycles. The van der Waals surface area contributed by atoms with Gasteiger partial charge in [0, 0.05) is 6.42 Å². The third-order valence-electron chi connectivity index (χ3n) is 13.7. The van der Waals surface area contributed by atoms with E-state index in [1.54, 1.807) is 0 Å². The summed E-state index contributed by atoms with van der Waals surface area (Å²) in [5.41, 5.74) is 0. The molecule has 2 nitrogen and oxygen atoms in total. The Morgan fingerprint density at radius 2 is 0.367 bits per heavy atom. The van der Waals surface area contributed by atoms with Gasteiger partial charge >= 0.3 is 5.97 Å². The SMILES string of the molecule is CCCCCCCCCCCCCCCCCCCCCCCCCCCCCCCCOC(=O)CCCCCCCCCCCCCCCCCCCCCCCCC. The first-order chi connectivity index (χ1) is 29.8. The van der Waals surface area contributed by atoms with E-state index in [9.17, 15) is 4.79 Å². The molecule has 0 N–H and O–H groups in total. The maximum atomic E-state index is 12.1. The summed E-state index contributed by atoms with van der Waals surface area (Å²) in [6.45, 7) is 5.25. The lowest BCUT2D eigenvalue weighted by molar-refractivity contribution is -0.143. The highest BCUT2D eigenvalue weighted by Crippen LogP contribution is 2.18. The van der Waals surface area contributed by atoms with Gasteiger partial charge in [0.2, 0.25) is 0 Å². The number of unbranched alkanes of at least 4 members (excludes halogenated alkanes) is 51. The Kier molecular flexibility index (Phi) is 56.0. The number of ether oxygens (including phenoxy) is 1. The smallest absolute Gasteiger partial charge is 0.305 e. The molecule has 0 saturated carbocycles. The molecule has 60 heavy (non-hydrogen) atoms. The highest BCUT2D eigenvalue weighted by molar-refractivity contribution is 5.69. The molecular weight excluding hydrogens is 729 g/mol. The van der Waals surface area contributed by atoms with Crippen LogP contribution in [0.4, 0.5) is 0 Å². The van der Waals surface area contributed by atoms with Gasteiger partial charge in [0.1, 0.15) is 0 Å². The Balaban J connectivity index is 3.14. The van der Waals surface area contributed by atoms with Crippen molar-refractivity contribution in [2.75, 3.05) is 6.61 Å². The lowest BCUT2D eigenvalue weighted by Crippen LogP contribution is -2.05. The Labute approximate surface area is 381 Å². The molecule has 0 atom stereocenters. The number of hydrogen-bond acceptors (Lipinski definition) is 2. The van der Waals surface area contributed by atoms with Crippen molar-refractivity contribution in [3.63, 3.8) is 0 Å². The van der Waals surface area contributed by atoms with Crippen LogP contribution in [-0.2, 0) is 9.53 Å². The van der Waals surface area contributed by atoms with Crippen molar-refractivity contribution in [1.29, 1.82) is 0 Å². The van der Waals surface area contributed by atoms with Gasteiger partial charge < -0.3 is 4.74 Å². The molecular formula is C58H116O2. The Morgan fingerprint density at radius 1 is 0.217 bits per heavy atom. The van der Waals surface area contributed by atoms with Gasteiger partial charge in [-0.1, -0.05) is 341 Å². The fraction of sp³-hybridized carbons (Fsp3) is 0.983. The lowest BCUT2D eigenvalue weighted by atomic mass is 10.0. The summed E-state index contributed by atoms with van der Waals surface area (Å²) in [5.74, 6) is 0.0360. The summed E-state index contributed by atoms with van der Waals surface area (Å²) in [5, 5.41) is 0. The van der Waals surface area contributed by atoms with Crippen LogP contribution in [0.5, 0.6) is 0 Å². The summed E-state index contributed by atoms with van der Waals surface area (Å²) in [4.78, 5) is 12.1. The van der Waals surface area contributed by atoms with Crippen molar-refractivity contribution in [3.8, 4) is 0 Å². The van der Waals surface area contributed by atoms with Crippen molar-refractivity contribution < 1.29 is 9.53 Å². The zero-order valence-electron chi connectivity index (χ0n) is 42.2. The number of hydrogen-bond donors (Lipinski definition) is 0. The van der Waals surface area contributed by atoms with Gasteiger partial charge in [-0.3, -0.25) is 4.79 Å². The quantitative estimate of drug-likeness (QED) is 0.0450. The average molecular weight is 846 g/mol. The zero-order chi connectivity index (χ0) is 43.2. The standard InChI is InChI=1S/C58H116O2/c1-3-5-7-9-11-13-15-17-19-21-23-25-27-28-29-30-31-32-33-35-37-39-41-43-45-47-49-51-53-55-57-60-58(59)56-54-52-50-48-46-44-42-40-38-36-34-26-24-22-20-18-16-14-12-10-8-6-4-2/h3-57H2,1-2H3. The molecule has 0 amide bonds. The molecule has 0 aliphatic rings. The van der Waals surface area contributed by atoms with Crippen molar-refractivity contribution in [3.05, 3.63) is 0 Å². The minimum absolute atomic E-state index is 0.0360. The molecule has 0 saturated heterocycles. The van der Waals surface area contributed by atoms with E-state index in [0.29, 0.717) is 13.0 Å². The second-order valence-electron chi connectivity index (χ2n) is 20.0. The van der Waals surface area contributed by atoms with Crippen LogP contribution in [0, 0.1) is 0 Å². The first-order valence-electron chi connectivity index (χ1n) is 29.0. The molecule has 0 bridgehead atoms. The van der Waals surface area contributed by atoms with Crippen LogP contribution in [0.2, 0.25) is 0 Å². The van der Waals surface area contributed by atoms with Crippen molar-refractivity contribution in [2.24, 2.45) is 0 Å². The Bertz CT molecular complexity index is 747. The van der Waals surface area contributed by atoms with E-state index in [1.165, 1.54) is 327 Å². The molecule has 0 heterocycles. The van der Waals surface area contributed by atoms with Gasteiger partial charge in [-0.05, 0) is 12.8 Å². The Hall–Kier alpha value is -0.530. The second kappa shape index (κ2) is 56.5. The van der Waals surface area contributed by atoms with Gasteiger partial charge in [0.05, 0.1) is 6.61 Å². The van der Waals surface area contributed by atoms with Crippen molar-refractivity contribution >= 4 is 5.97 Å². The largest absolute Gasteiger partial charge is 0.466 e. The molecule has 360 valence electrons. The minimum atomic E-state index is 0.0360. The second-order valence-corrected chi connectivity index (χ2v) is 20.0. The predicted octanol–water partition coefficient (Wildman–Crippen LogP) is 21.6. The molecule has 0 aliphatic heterocycles. The van der Waals surface area contributed by atoms with Crippen LogP contribution >= 0.6 is 0 Å². The van der Waals surface area contributed by atoms with Crippen molar-refractivity contribution in [1.82, 2.24) is 0 Å². The molecule has 0 radical (unpaired) electrons. The molecule has 0 aromatic carbocycles. The minimum Gasteiger partial charge on any atom is -0.466 e. The summed E-state index contributed by atoms with van der Waals surface area (Å²) in [6, 6.07) is 0. The molecule has 0 aromatic rings. The van der Waals surface area contributed by atoms with Crippen LogP contribution in [0.15, 0.2) is 0 Å². The third-order valence-corrected chi connectivity index (χ3v) is 13.7. The van der Waals surface area contributed by atoms with Crippen LogP contribution in [0.25, 0.3) is 0 Å². The monoisotopic (exact) mass is 845 g/mol. The molecule has 0 rings (SSSR count). The van der Waals surface area contributed by atoms with E-state index in [4.69, 9.17) is 4.74 Å². The van der Waals surface area contributed by atoms with E-state index < -0.39 is 0 Å². The van der Waals surface area contributed by atoms with Gasteiger partial charge in [0.25, 0.3) is 0 Å². The number of esters is 1. The van der Waals surface area contributed by atoms with E-state index in [2.05, 4.69) is 13.8 Å². The topological polar surface area (TPSA) is 26.3 Å². The fourth-order valence-electron chi connectivity index (χ4n) is 9.44. The third kappa shape index (κ3) is 55.5. The predicted molar refractivity (Wildman–Crippen MR) is 272 cm³/mol. The first-order valence-corrected chi connectivity index (χ1v) is 29.0. The molecule has 0 fully saturated rings. The Morgan fingerprint density at radius 3 is 0.550 bits per heavy atom. The van der Waals surface area contributed by atoms with Gasteiger partial charge in [-0.15, -0.1) is 0 Å². The first kappa shape index (κ1) is 59.5. The molecule has 0 aliphatic carbocycles. The fourth-order valence-corrected chi connectivity index (χ4v) is 9.44. The van der Waals surface area contributed by atoms with Crippen LogP contribution < -0.4 is 0 Å². The van der Waals surface area contributed by atoms with E-state index in [-0.39, 0.29) is 5.97 Å². The maximum absolute atomic E-state index is 12.1. The van der Waals surface area contributed by atoms with E-state index >= 15 is 0 Å². The lowest BCUT2D eigenvalue weighted by Gasteiger charge is -2.06. The highest BCUT2D eigenvalue weighted by Gasteiger charge is 2.03. The molecule has 0 unspecified atom stereocenters. The van der Waals surface area contributed by atoms with Gasteiger partial charge in [0.15, 0.2) is 0 Å². The molecule has 0 spiro atoms. The number of carbonyl (C=O) groups is 1. The maximum Gasteiger partial charge on any atom is 0.305 e. The summed E-state index contributed by atoms with van der Waals surface area (Å²) in [7, 11) is 0. The number of rotatable bonds is 55. The number of carbonyl (C=O) groups excluding carboxylic acids is 1. The normalized spacial score (nSPS) is 11.6. The highest BCUT2D eigenvalue weighted by atomic mass is 16.5. The summed E-state index contributed by atoms with van der Waals surface area (Å²) < 4.78 is 5.52. The van der Waals surface area contributed by atoms with E-state index in [1.807, 2.05) is 0 Å². The zero-order valence-corrected chi connectivity index (χ0v) is 42.2. The summed E-state index contributed by atoms with van der Waals surface area (Å²) in [6.07, 6.45) is 75.8. The van der Waals surface area contributed by atoms with Crippen LogP contribution in [0.1, 0.15) is 361 Å². The van der Waals surface area contributed by atoms with Gasteiger partial charge in [-0.25, -0.2) is 0 Å². The van der Waals surface area contributed by atoms with Crippen molar-refractivity contribution in [2.45, 2.75) is 361 Å². The van der Waals surface area contributed by atoms with Crippen LogP contribution in [-0.4, -0.2) is 12.6 Å². The average Bonchev–Trinajstić information content (AvgIpc) is 3.25. The summed E-state index contributed by atoms with van der Waals surface area (Å²) >= 11 is 0. The van der Waals surface area contributed by atoms with E-state index in [0.717, 1.165) is 12.8 Å². The van der Waals surface area contributed by atoms with Gasteiger partial charge in [-0.2, -0.15) is 0 Å².